The Hall–Kier alpha value is -1.71. The molecule has 536 valence electrons. The fraction of sp³-hybridized carbons (Fsp3) is 0.963. The van der Waals surface area contributed by atoms with Gasteiger partial charge in [0.05, 0.1) is 40.3 Å². The molecule has 0 aromatic heterocycles. The van der Waals surface area contributed by atoms with Gasteiger partial charge in [-0.2, -0.15) is 0 Å². The van der Waals surface area contributed by atoms with Gasteiger partial charge in [-0.25, -0.2) is 0 Å². The van der Waals surface area contributed by atoms with Gasteiger partial charge in [-0.05, 0) is 12.8 Å². The second-order valence-corrected chi connectivity index (χ2v) is 29.4. The monoisotopic (exact) mass is 1270 g/mol. The minimum absolute atomic E-state index is 0.154. The van der Waals surface area contributed by atoms with Crippen molar-refractivity contribution in [2.75, 3.05) is 47.5 Å². The first-order valence-corrected chi connectivity index (χ1v) is 40.7. The molecule has 0 aliphatic rings. The molecule has 9 heteroatoms. The zero-order valence-electron chi connectivity index (χ0n) is 61.6. The molecule has 0 saturated carbocycles. The lowest BCUT2D eigenvalue weighted by atomic mass is 10.0. The van der Waals surface area contributed by atoms with E-state index in [0.29, 0.717) is 17.4 Å². The van der Waals surface area contributed by atoms with E-state index >= 15 is 0 Å². The summed E-state index contributed by atoms with van der Waals surface area (Å²) in [5.41, 5.74) is 0. The zero-order valence-corrected chi connectivity index (χ0v) is 61.6. The van der Waals surface area contributed by atoms with Crippen LogP contribution in [0.2, 0.25) is 0 Å². The van der Waals surface area contributed by atoms with E-state index in [1.807, 2.05) is 21.1 Å². The van der Waals surface area contributed by atoms with Crippen LogP contribution in [-0.2, 0) is 33.3 Å². The summed E-state index contributed by atoms with van der Waals surface area (Å²) >= 11 is 0. The van der Waals surface area contributed by atoms with E-state index in [4.69, 9.17) is 18.9 Å². The highest BCUT2D eigenvalue weighted by Crippen LogP contribution is 2.21. The highest BCUT2D eigenvalue weighted by molar-refractivity contribution is 5.70. The van der Waals surface area contributed by atoms with Crippen LogP contribution >= 0.6 is 0 Å². The maximum absolute atomic E-state index is 13.0. The summed E-state index contributed by atoms with van der Waals surface area (Å²) < 4.78 is 22.9. The number of hydrogen-bond acceptors (Lipinski definition) is 8. The maximum Gasteiger partial charge on any atom is 0.306 e. The SMILES string of the molecule is CCCCCCCCCCCCCCCCCCCCCCCCCCCCCCCCCCCC(=O)OC(COC(=O)CCCCCCCCCCCCCCCCCCCCCCCCCCCCCCCCCC)COC(OCC[N+](C)(C)C)C(=O)[O-]. The average molecular weight is 1280 g/mol. The summed E-state index contributed by atoms with van der Waals surface area (Å²) in [7, 11) is 5.96. The van der Waals surface area contributed by atoms with Crippen molar-refractivity contribution in [1.82, 2.24) is 0 Å². The molecule has 0 saturated heterocycles. The highest BCUT2D eigenvalue weighted by atomic mass is 16.7. The van der Waals surface area contributed by atoms with Crippen LogP contribution in [0.25, 0.3) is 0 Å². The molecule has 0 amide bonds. The first kappa shape index (κ1) is 88.3. The van der Waals surface area contributed by atoms with E-state index in [1.54, 1.807) is 0 Å². The summed E-state index contributed by atoms with van der Waals surface area (Å²) in [6.07, 6.45) is 86.7. The molecule has 0 radical (unpaired) electrons. The van der Waals surface area contributed by atoms with E-state index in [0.717, 1.165) is 38.5 Å². The Labute approximate surface area is 562 Å². The van der Waals surface area contributed by atoms with Crippen molar-refractivity contribution in [3.05, 3.63) is 0 Å². The van der Waals surface area contributed by atoms with Crippen molar-refractivity contribution in [3.8, 4) is 0 Å². The summed E-state index contributed by atoms with van der Waals surface area (Å²) in [5.74, 6) is -2.24. The second-order valence-electron chi connectivity index (χ2n) is 29.4. The third-order valence-corrected chi connectivity index (χ3v) is 19.1. The first-order chi connectivity index (χ1) is 44.1. The molecule has 2 atom stereocenters. The number of carboxylic acids is 1. The number of hydrogen-bond donors (Lipinski definition) is 0. The Morgan fingerprint density at radius 3 is 0.711 bits per heavy atom. The van der Waals surface area contributed by atoms with Crippen LogP contribution < -0.4 is 5.11 Å². The van der Waals surface area contributed by atoms with Crippen LogP contribution in [0, 0.1) is 0 Å². The van der Waals surface area contributed by atoms with Crippen LogP contribution in [-0.4, -0.2) is 82.3 Å². The number of rotatable bonds is 78. The molecule has 0 fully saturated rings. The number of quaternary nitrogens is 1. The van der Waals surface area contributed by atoms with E-state index in [9.17, 15) is 19.5 Å². The molecule has 0 aliphatic heterocycles. The second kappa shape index (κ2) is 73.1. The molecule has 0 bridgehead atoms. The number of nitrogens with zero attached hydrogens (tertiary/aromatic N) is 1. The Morgan fingerprint density at radius 2 is 0.500 bits per heavy atom. The van der Waals surface area contributed by atoms with Crippen LogP contribution in [0.15, 0.2) is 0 Å². The lowest BCUT2D eigenvalue weighted by Gasteiger charge is -2.26. The van der Waals surface area contributed by atoms with Gasteiger partial charge in [-0.3, -0.25) is 9.59 Å². The van der Waals surface area contributed by atoms with Crippen LogP contribution in [0.1, 0.15) is 444 Å². The van der Waals surface area contributed by atoms with Crippen LogP contribution in [0.5, 0.6) is 0 Å². The van der Waals surface area contributed by atoms with Gasteiger partial charge in [0.15, 0.2) is 12.4 Å². The third-order valence-electron chi connectivity index (χ3n) is 19.1. The van der Waals surface area contributed by atoms with Crippen molar-refractivity contribution < 1.29 is 42.9 Å². The van der Waals surface area contributed by atoms with Crippen LogP contribution in [0.4, 0.5) is 0 Å². The largest absolute Gasteiger partial charge is 0.545 e. The minimum atomic E-state index is -1.62. The number of aliphatic carboxylic acids is 1. The molecule has 0 rings (SSSR count). The van der Waals surface area contributed by atoms with Crippen molar-refractivity contribution in [1.29, 1.82) is 0 Å². The molecule has 90 heavy (non-hydrogen) atoms. The summed E-state index contributed by atoms with van der Waals surface area (Å²) in [6, 6.07) is 0. The molecule has 0 heterocycles. The van der Waals surface area contributed by atoms with Gasteiger partial charge in [-0.15, -0.1) is 0 Å². The fourth-order valence-electron chi connectivity index (χ4n) is 12.9. The molecular formula is C81H159NO8. The lowest BCUT2D eigenvalue weighted by molar-refractivity contribution is -0.870. The predicted molar refractivity (Wildman–Crippen MR) is 385 cm³/mol. The Morgan fingerprint density at radius 1 is 0.289 bits per heavy atom. The molecular weight excluding hydrogens is 1110 g/mol. The Kier molecular flexibility index (Phi) is 71.7. The number of esters is 2. The van der Waals surface area contributed by atoms with Gasteiger partial charge in [0.1, 0.15) is 13.2 Å². The molecule has 0 N–H and O–H groups in total. The first-order valence-electron chi connectivity index (χ1n) is 40.7. The van der Waals surface area contributed by atoms with Crippen molar-refractivity contribution in [3.63, 3.8) is 0 Å². The summed E-state index contributed by atoms with van der Waals surface area (Å²) in [5, 5.41) is 11.9. The quantitative estimate of drug-likeness (QED) is 0.0256. The van der Waals surface area contributed by atoms with Gasteiger partial charge in [-0.1, -0.05) is 418 Å². The summed E-state index contributed by atoms with van der Waals surface area (Å²) in [6.45, 7) is 4.86. The van der Waals surface area contributed by atoms with Crippen LogP contribution in [0.3, 0.4) is 0 Å². The van der Waals surface area contributed by atoms with Crippen molar-refractivity contribution in [2.45, 2.75) is 456 Å². The van der Waals surface area contributed by atoms with E-state index in [1.165, 1.54) is 379 Å². The Bertz CT molecular complexity index is 1440. The zero-order chi connectivity index (χ0) is 65.4. The van der Waals surface area contributed by atoms with Crippen molar-refractivity contribution >= 4 is 17.9 Å². The number of ether oxygens (including phenoxy) is 4. The lowest BCUT2D eigenvalue weighted by Crippen LogP contribution is -2.44. The third kappa shape index (κ3) is 73.7. The normalized spacial score (nSPS) is 12.5. The van der Waals surface area contributed by atoms with E-state index < -0.39 is 24.3 Å². The van der Waals surface area contributed by atoms with Gasteiger partial charge >= 0.3 is 11.9 Å². The minimum Gasteiger partial charge on any atom is -0.545 e. The number of carboxylic acid groups (broad SMARTS) is 1. The van der Waals surface area contributed by atoms with Crippen molar-refractivity contribution in [2.24, 2.45) is 0 Å². The Balaban J connectivity index is 3.94. The standard InChI is InChI=1S/C81H159NO8/c1-6-8-10-12-14-16-18-20-22-24-26-28-30-32-34-36-38-40-42-44-46-48-50-52-54-56-58-60-62-64-66-68-70-72-79(84)90-77(76-89-81(80(85)86)87-74-73-82(3,4)5)75-88-78(83)71-69-67-65-63-61-59-57-55-53-51-49-47-45-43-41-39-37-35-33-31-29-27-25-23-21-19-17-15-13-11-9-7-2/h77,81H,6-76H2,1-5H3. The average Bonchev–Trinajstić information content (AvgIpc) is 3.72. The number of likely N-dealkylation sites (N-methyl/N-ethyl adjacent to an activating group) is 1. The van der Waals surface area contributed by atoms with E-state index in [-0.39, 0.29) is 32.2 Å². The molecule has 0 aromatic carbocycles. The predicted octanol–water partition coefficient (Wildman–Crippen LogP) is 24.4. The fourth-order valence-corrected chi connectivity index (χ4v) is 12.9. The molecule has 0 spiro atoms. The highest BCUT2D eigenvalue weighted by Gasteiger charge is 2.22. The molecule has 2 unspecified atom stereocenters. The maximum atomic E-state index is 13.0. The molecule has 9 nitrogen and oxygen atoms in total. The van der Waals surface area contributed by atoms with Gasteiger partial charge in [0, 0.05) is 12.8 Å². The van der Waals surface area contributed by atoms with Gasteiger partial charge in [0.2, 0.25) is 0 Å². The van der Waals surface area contributed by atoms with Gasteiger partial charge < -0.3 is 33.3 Å². The van der Waals surface area contributed by atoms with Gasteiger partial charge in [0.25, 0.3) is 0 Å². The topological polar surface area (TPSA) is 111 Å². The number of carbonyl (C=O) groups excluding carboxylic acids is 3. The smallest absolute Gasteiger partial charge is 0.306 e. The number of unbranched alkanes of at least 4 members (excludes halogenated alkanes) is 63. The molecule has 0 aliphatic carbocycles. The van der Waals surface area contributed by atoms with E-state index in [2.05, 4.69) is 13.8 Å². The number of carbonyl (C=O) groups is 3. The summed E-state index contributed by atoms with van der Waals surface area (Å²) in [4.78, 5) is 37.6. The molecule has 0 aromatic rings.